The van der Waals surface area contributed by atoms with Gasteiger partial charge in [-0.3, -0.25) is 4.99 Å². The van der Waals surface area contributed by atoms with Crippen LogP contribution < -0.4 is 5.32 Å². The third-order valence-corrected chi connectivity index (χ3v) is 4.66. The van der Waals surface area contributed by atoms with E-state index in [0.29, 0.717) is 12.1 Å². The maximum Gasteiger partial charge on any atom is 0.0968 e. The zero-order valence-electron chi connectivity index (χ0n) is 12.8. The molecule has 0 aromatic heterocycles. The molecule has 2 rings (SSSR count). The maximum absolute atomic E-state index is 5.07. The summed E-state index contributed by atoms with van der Waals surface area (Å²) in [6, 6.07) is 1.34. The molecule has 0 saturated heterocycles. The van der Waals surface area contributed by atoms with Crippen LogP contribution in [0.2, 0.25) is 0 Å². The number of amidine groups is 1. The summed E-state index contributed by atoms with van der Waals surface area (Å²) in [4.78, 5) is 5.07. The van der Waals surface area contributed by atoms with Crippen LogP contribution in [0.5, 0.6) is 0 Å². The van der Waals surface area contributed by atoms with E-state index in [1.165, 1.54) is 89.3 Å². The number of hydrogen-bond acceptors (Lipinski definition) is 1. The summed E-state index contributed by atoms with van der Waals surface area (Å²) in [5.74, 6) is 1.33. The van der Waals surface area contributed by atoms with Crippen LogP contribution in [0.25, 0.3) is 0 Å². The maximum atomic E-state index is 5.07. The van der Waals surface area contributed by atoms with Crippen LogP contribution in [0.15, 0.2) is 4.99 Å². The van der Waals surface area contributed by atoms with Gasteiger partial charge in [0, 0.05) is 12.5 Å². The van der Waals surface area contributed by atoms with E-state index in [2.05, 4.69) is 12.2 Å². The largest absolute Gasteiger partial charge is 0.371 e. The van der Waals surface area contributed by atoms with Crippen molar-refractivity contribution in [2.45, 2.75) is 102 Å². The Hall–Kier alpha value is -0.530. The molecule has 0 bridgehead atoms. The Morgan fingerprint density at radius 3 is 2.21 bits per heavy atom. The summed E-state index contributed by atoms with van der Waals surface area (Å²) in [6.07, 6.45) is 17.5. The Bertz CT molecular complexity index is 260. The Morgan fingerprint density at radius 2 is 1.58 bits per heavy atom. The van der Waals surface area contributed by atoms with Crippen molar-refractivity contribution in [1.82, 2.24) is 5.32 Å². The minimum absolute atomic E-state index is 0.622. The highest BCUT2D eigenvalue weighted by atomic mass is 15.0. The standard InChI is InChI=1S/C17H32N2/c1-2-3-14-17(18-15-10-6-4-7-11-15)19-16-12-8-5-9-13-16/h15-16H,2-14H2,1H3,(H,18,19). The average Bonchev–Trinajstić information content (AvgIpc) is 2.47. The summed E-state index contributed by atoms with van der Waals surface area (Å²) in [5, 5.41) is 3.79. The van der Waals surface area contributed by atoms with Gasteiger partial charge >= 0.3 is 0 Å². The molecule has 0 heterocycles. The molecule has 0 radical (unpaired) electrons. The minimum atomic E-state index is 0.622. The van der Waals surface area contributed by atoms with E-state index in [0.717, 1.165) is 0 Å². The summed E-state index contributed by atoms with van der Waals surface area (Å²) < 4.78 is 0. The number of hydrogen-bond donors (Lipinski definition) is 1. The van der Waals surface area contributed by atoms with Crippen LogP contribution >= 0.6 is 0 Å². The van der Waals surface area contributed by atoms with E-state index >= 15 is 0 Å². The molecule has 2 nitrogen and oxygen atoms in total. The Kier molecular flexibility index (Phi) is 6.73. The zero-order chi connectivity index (χ0) is 13.3. The van der Waals surface area contributed by atoms with Gasteiger partial charge in [-0.2, -0.15) is 0 Å². The topological polar surface area (TPSA) is 24.4 Å². The molecule has 19 heavy (non-hydrogen) atoms. The number of nitrogens with one attached hydrogen (secondary N) is 1. The van der Waals surface area contributed by atoms with Crippen molar-refractivity contribution >= 4 is 5.84 Å². The molecule has 0 atom stereocenters. The van der Waals surface area contributed by atoms with Crippen molar-refractivity contribution in [2.24, 2.45) is 4.99 Å². The van der Waals surface area contributed by atoms with Crippen molar-refractivity contribution in [3.8, 4) is 0 Å². The monoisotopic (exact) mass is 264 g/mol. The SMILES string of the molecule is CCCCC(=NC1CCCCC1)NC1CCCCC1. The molecular weight excluding hydrogens is 232 g/mol. The number of nitrogens with zero attached hydrogens (tertiary/aromatic N) is 1. The fraction of sp³-hybridized carbons (Fsp3) is 0.941. The molecule has 2 aliphatic rings. The normalized spacial score (nSPS) is 23.5. The summed E-state index contributed by atoms with van der Waals surface area (Å²) in [5.41, 5.74) is 0. The number of unbranched alkanes of at least 4 members (excludes halogenated alkanes) is 1. The predicted octanol–water partition coefficient (Wildman–Crippen LogP) is 4.83. The van der Waals surface area contributed by atoms with Gasteiger partial charge in [-0.1, -0.05) is 51.9 Å². The number of rotatable bonds is 5. The highest BCUT2D eigenvalue weighted by molar-refractivity contribution is 5.82. The Balaban J connectivity index is 1.87. The van der Waals surface area contributed by atoms with Gasteiger partial charge in [0.25, 0.3) is 0 Å². The van der Waals surface area contributed by atoms with E-state index in [1.807, 2.05) is 0 Å². The van der Waals surface area contributed by atoms with Crippen LogP contribution in [-0.4, -0.2) is 17.9 Å². The molecule has 0 spiro atoms. The molecule has 2 aliphatic carbocycles. The molecule has 0 aromatic carbocycles. The van der Waals surface area contributed by atoms with E-state index < -0.39 is 0 Å². The van der Waals surface area contributed by atoms with Gasteiger partial charge in [0.15, 0.2) is 0 Å². The van der Waals surface area contributed by atoms with Gasteiger partial charge in [0.2, 0.25) is 0 Å². The molecule has 0 unspecified atom stereocenters. The van der Waals surface area contributed by atoms with Crippen LogP contribution in [0.3, 0.4) is 0 Å². The van der Waals surface area contributed by atoms with Gasteiger partial charge < -0.3 is 5.32 Å². The first-order valence-corrected chi connectivity index (χ1v) is 8.71. The lowest BCUT2D eigenvalue weighted by Gasteiger charge is -2.26. The van der Waals surface area contributed by atoms with Crippen molar-refractivity contribution in [3.05, 3.63) is 0 Å². The van der Waals surface area contributed by atoms with Crippen molar-refractivity contribution in [2.75, 3.05) is 0 Å². The minimum Gasteiger partial charge on any atom is -0.371 e. The first-order valence-electron chi connectivity index (χ1n) is 8.71. The van der Waals surface area contributed by atoms with E-state index in [4.69, 9.17) is 4.99 Å². The molecule has 0 aromatic rings. The lowest BCUT2D eigenvalue weighted by atomic mass is 9.94. The summed E-state index contributed by atoms with van der Waals surface area (Å²) in [7, 11) is 0. The fourth-order valence-corrected chi connectivity index (χ4v) is 3.43. The Morgan fingerprint density at radius 1 is 0.947 bits per heavy atom. The van der Waals surface area contributed by atoms with Crippen molar-refractivity contribution in [3.63, 3.8) is 0 Å². The molecule has 110 valence electrons. The molecule has 0 aliphatic heterocycles. The molecule has 2 saturated carbocycles. The van der Waals surface area contributed by atoms with E-state index in [-0.39, 0.29) is 0 Å². The molecule has 1 N–H and O–H groups in total. The first kappa shape index (κ1) is 14.9. The third kappa shape index (κ3) is 5.54. The van der Waals surface area contributed by atoms with Gasteiger partial charge in [-0.05, 0) is 32.1 Å². The zero-order valence-corrected chi connectivity index (χ0v) is 12.8. The third-order valence-electron chi connectivity index (χ3n) is 4.66. The summed E-state index contributed by atoms with van der Waals surface area (Å²) in [6.45, 7) is 2.28. The quantitative estimate of drug-likeness (QED) is 0.558. The smallest absolute Gasteiger partial charge is 0.0968 e. The number of aliphatic imine (C=N–C) groups is 1. The van der Waals surface area contributed by atoms with Gasteiger partial charge in [0.05, 0.1) is 11.9 Å². The van der Waals surface area contributed by atoms with Crippen molar-refractivity contribution in [1.29, 1.82) is 0 Å². The molecule has 0 amide bonds. The second-order valence-corrected chi connectivity index (χ2v) is 6.45. The van der Waals surface area contributed by atoms with Crippen LogP contribution in [-0.2, 0) is 0 Å². The Labute approximate surface area is 119 Å². The van der Waals surface area contributed by atoms with Gasteiger partial charge in [0.1, 0.15) is 0 Å². The fourth-order valence-electron chi connectivity index (χ4n) is 3.43. The second-order valence-electron chi connectivity index (χ2n) is 6.45. The van der Waals surface area contributed by atoms with E-state index in [9.17, 15) is 0 Å². The van der Waals surface area contributed by atoms with Crippen LogP contribution in [0, 0.1) is 0 Å². The predicted molar refractivity (Wildman–Crippen MR) is 83.8 cm³/mol. The highest BCUT2D eigenvalue weighted by Crippen LogP contribution is 2.22. The van der Waals surface area contributed by atoms with Gasteiger partial charge in [-0.15, -0.1) is 0 Å². The highest BCUT2D eigenvalue weighted by Gasteiger charge is 2.17. The van der Waals surface area contributed by atoms with Crippen LogP contribution in [0.4, 0.5) is 0 Å². The lowest BCUT2D eigenvalue weighted by molar-refractivity contribution is 0.406. The van der Waals surface area contributed by atoms with Crippen molar-refractivity contribution < 1.29 is 0 Å². The first-order chi connectivity index (χ1) is 9.38. The molecule has 2 heteroatoms. The molecular formula is C17H32N2. The summed E-state index contributed by atoms with van der Waals surface area (Å²) >= 11 is 0. The van der Waals surface area contributed by atoms with Crippen LogP contribution in [0.1, 0.15) is 90.4 Å². The lowest BCUT2D eigenvalue weighted by Crippen LogP contribution is -2.37. The average molecular weight is 264 g/mol. The second kappa shape index (κ2) is 8.60. The van der Waals surface area contributed by atoms with Gasteiger partial charge in [-0.25, -0.2) is 0 Å². The van der Waals surface area contributed by atoms with E-state index in [1.54, 1.807) is 0 Å². The molecule has 2 fully saturated rings.